The van der Waals surface area contributed by atoms with Gasteiger partial charge in [0.2, 0.25) is 0 Å². The number of aromatic carboxylic acids is 2. The van der Waals surface area contributed by atoms with Crippen molar-refractivity contribution >= 4 is 24.9 Å². The van der Waals surface area contributed by atoms with Crippen molar-refractivity contribution in [3.8, 4) is 101 Å². The van der Waals surface area contributed by atoms with Gasteiger partial charge in [-0.25, -0.2) is 9.59 Å². The van der Waals surface area contributed by atoms with Gasteiger partial charge in [0.15, 0.2) is 0 Å². The molecule has 9 rings (SSSR count). The predicted octanol–water partition coefficient (Wildman–Crippen LogP) is 13.5. The van der Waals surface area contributed by atoms with Crippen molar-refractivity contribution in [2.24, 2.45) is 0 Å². The molecule has 318 valence electrons. The Labute approximate surface area is 380 Å². The van der Waals surface area contributed by atoms with Gasteiger partial charge in [0.1, 0.15) is 11.5 Å². The zero-order valence-corrected chi connectivity index (χ0v) is 35.1. The Morgan fingerprint density at radius 2 is 0.470 bits per heavy atom. The second-order valence-corrected chi connectivity index (χ2v) is 15.5. The van der Waals surface area contributed by atoms with Crippen LogP contribution >= 0.6 is 0 Å². The van der Waals surface area contributed by atoms with E-state index < -0.39 is 11.9 Å². The second-order valence-electron chi connectivity index (χ2n) is 15.5. The van der Waals surface area contributed by atoms with Crippen molar-refractivity contribution in [2.45, 2.75) is 0 Å². The van der Waals surface area contributed by atoms with Gasteiger partial charge >= 0.3 is 11.9 Å². The van der Waals surface area contributed by atoms with E-state index in [1.54, 1.807) is 48.5 Å². The summed E-state index contributed by atoms with van der Waals surface area (Å²) in [5, 5.41) is 18.9. The minimum Gasteiger partial charge on any atom is -0.478 e. The topological polar surface area (TPSA) is 127 Å². The number of hydrogen-bond acceptors (Lipinski definition) is 6. The molecule has 0 aromatic heterocycles. The lowest BCUT2D eigenvalue weighted by molar-refractivity contribution is -0.121. The number of carboxylic acids is 2. The first-order valence-corrected chi connectivity index (χ1v) is 20.9. The van der Waals surface area contributed by atoms with Crippen LogP contribution < -0.4 is 9.47 Å². The summed E-state index contributed by atoms with van der Waals surface area (Å²) in [6, 6.07) is 66.1. The molecule has 0 bridgehead atoms. The molecule has 0 aliphatic carbocycles. The summed E-state index contributed by atoms with van der Waals surface area (Å²) in [5.41, 5.74) is 16.0. The molecule has 0 spiro atoms. The Kier molecular flexibility index (Phi) is 11.9. The summed E-state index contributed by atoms with van der Waals surface area (Å²) in [6.45, 7) is 0.820. The lowest BCUT2D eigenvalue weighted by Gasteiger charge is -2.19. The maximum atomic E-state index is 11.5. The maximum absolute atomic E-state index is 11.5. The van der Waals surface area contributed by atoms with Crippen molar-refractivity contribution in [2.75, 3.05) is 0 Å². The van der Waals surface area contributed by atoms with E-state index in [2.05, 4.69) is 84.9 Å². The Hall–Kier alpha value is -9.14. The van der Waals surface area contributed by atoms with Crippen molar-refractivity contribution in [1.82, 2.24) is 0 Å². The summed E-state index contributed by atoms with van der Waals surface area (Å²) in [5.74, 6) is -1.03. The zero-order valence-electron chi connectivity index (χ0n) is 35.1. The lowest BCUT2D eigenvalue weighted by atomic mass is 9.84. The summed E-state index contributed by atoms with van der Waals surface area (Å²) in [7, 11) is 0. The highest BCUT2D eigenvalue weighted by atomic mass is 16.5. The fraction of sp³-hybridized carbons (Fsp3) is 0. The Balaban J connectivity index is 1.18. The van der Waals surface area contributed by atoms with E-state index in [0.29, 0.717) is 24.4 Å². The van der Waals surface area contributed by atoms with Crippen molar-refractivity contribution < 1.29 is 38.9 Å². The molecule has 0 saturated heterocycles. The molecule has 0 aliphatic rings. The number of carbonyl (C=O) groups is 4. The molecule has 8 nitrogen and oxygen atoms in total. The number of hydrogen-bond donors (Lipinski definition) is 2. The van der Waals surface area contributed by atoms with E-state index in [0.717, 1.165) is 89.0 Å². The fourth-order valence-corrected chi connectivity index (χ4v) is 8.10. The van der Waals surface area contributed by atoms with Gasteiger partial charge in [-0.15, -0.1) is 0 Å². The summed E-state index contributed by atoms with van der Waals surface area (Å²) in [6.07, 6.45) is 0. The van der Waals surface area contributed by atoms with Gasteiger partial charge in [-0.3, -0.25) is 9.59 Å². The molecule has 0 aliphatic heterocycles. The average Bonchev–Trinajstić information content (AvgIpc) is 3.37. The highest BCUT2D eigenvalue weighted by Crippen LogP contribution is 2.44. The van der Waals surface area contributed by atoms with Crippen LogP contribution in [-0.2, 0) is 9.59 Å². The van der Waals surface area contributed by atoms with Crippen molar-refractivity contribution in [3.63, 3.8) is 0 Å². The van der Waals surface area contributed by atoms with Crippen molar-refractivity contribution in [3.05, 3.63) is 217 Å². The quantitative estimate of drug-likeness (QED) is 0.103. The van der Waals surface area contributed by atoms with Crippen LogP contribution in [0.25, 0.3) is 89.0 Å². The van der Waals surface area contributed by atoms with Crippen molar-refractivity contribution in [1.29, 1.82) is 0 Å². The SMILES string of the molecule is O=COc1ccc(-c2ccc(-c3cc(-c4ccc(-c5ccc(C(=O)O)cc5)cc4)c(-c4ccc(-c5ccc(C(=O)O)cc5)cc4)cc3-c3ccc(-c4ccc(OC=O)cc4)cc3)cc2)cc1. The van der Waals surface area contributed by atoms with Crippen LogP contribution in [0.2, 0.25) is 0 Å². The van der Waals surface area contributed by atoms with Gasteiger partial charge in [0, 0.05) is 0 Å². The van der Waals surface area contributed by atoms with Gasteiger partial charge in [0.25, 0.3) is 12.9 Å². The van der Waals surface area contributed by atoms with Crippen LogP contribution in [-0.4, -0.2) is 35.1 Å². The first-order valence-electron chi connectivity index (χ1n) is 20.9. The van der Waals surface area contributed by atoms with Gasteiger partial charge in [-0.2, -0.15) is 0 Å². The van der Waals surface area contributed by atoms with Crippen LogP contribution in [0.4, 0.5) is 0 Å². The molecule has 9 aromatic rings. The molecular formula is C58H38O8. The minimum atomic E-state index is -0.976. The minimum absolute atomic E-state index is 0.223. The molecule has 0 atom stereocenters. The first-order chi connectivity index (χ1) is 32.2. The molecule has 9 aromatic carbocycles. The monoisotopic (exact) mass is 862 g/mol. The van der Waals surface area contributed by atoms with E-state index in [1.807, 2.05) is 72.8 Å². The zero-order chi connectivity index (χ0) is 45.6. The molecular weight excluding hydrogens is 825 g/mol. The van der Waals surface area contributed by atoms with Gasteiger partial charge < -0.3 is 19.7 Å². The number of rotatable bonds is 14. The third-order valence-electron chi connectivity index (χ3n) is 11.6. The van der Waals surface area contributed by atoms with E-state index in [-0.39, 0.29) is 11.1 Å². The Morgan fingerprint density at radius 1 is 0.288 bits per heavy atom. The summed E-state index contributed by atoms with van der Waals surface area (Å²) < 4.78 is 10.0. The number of carboxylic acid groups (broad SMARTS) is 2. The molecule has 0 unspecified atom stereocenters. The van der Waals surface area contributed by atoms with E-state index in [9.17, 15) is 29.4 Å². The van der Waals surface area contributed by atoms with Crippen LogP contribution in [0.15, 0.2) is 206 Å². The van der Waals surface area contributed by atoms with Gasteiger partial charge in [-0.1, -0.05) is 146 Å². The standard InChI is InChI=1S/C58H38O8/c59-35-65-51-29-25-43(26-30-51)39-5-17-47(18-6-39)55-33-53(45-13-1-37(2-14-45)41-9-21-49(22-10-41)57(61)62)54(46-15-3-38(4-16-46)42-11-23-50(24-12-42)58(63)64)34-56(55)48-19-7-40(8-20-48)44-27-31-52(32-28-44)66-36-60/h1-36H,(H,61,62)(H,63,64). The van der Waals surface area contributed by atoms with Crippen LogP contribution in [0.3, 0.4) is 0 Å². The number of carbonyl (C=O) groups excluding carboxylic acids is 2. The molecule has 0 fully saturated rings. The molecule has 8 heteroatoms. The largest absolute Gasteiger partial charge is 0.478 e. The lowest BCUT2D eigenvalue weighted by Crippen LogP contribution is -1.95. The predicted molar refractivity (Wildman–Crippen MR) is 257 cm³/mol. The average molecular weight is 863 g/mol. The van der Waals surface area contributed by atoms with E-state index in [4.69, 9.17) is 9.47 Å². The first kappa shape index (κ1) is 42.2. The molecule has 0 amide bonds. The molecule has 66 heavy (non-hydrogen) atoms. The normalized spacial score (nSPS) is 10.8. The third kappa shape index (κ3) is 9.02. The van der Waals surface area contributed by atoms with E-state index >= 15 is 0 Å². The second kappa shape index (κ2) is 18.7. The van der Waals surface area contributed by atoms with Crippen LogP contribution in [0.5, 0.6) is 11.5 Å². The highest BCUT2D eigenvalue weighted by molar-refractivity contribution is 5.96. The van der Waals surface area contributed by atoms with Crippen LogP contribution in [0.1, 0.15) is 20.7 Å². The third-order valence-corrected chi connectivity index (χ3v) is 11.6. The summed E-state index contributed by atoms with van der Waals surface area (Å²) in [4.78, 5) is 44.9. The fourth-order valence-electron chi connectivity index (χ4n) is 8.10. The van der Waals surface area contributed by atoms with Gasteiger partial charge in [0.05, 0.1) is 11.1 Å². The Bertz CT molecular complexity index is 2970. The molecule has 0 heterocycles. The number of benzene rings is 9. The molecule has 0 saturated carbocycles. The smallest absolute Gasteiger partial charge is 0.335 e. The molecule has 2 N–H and O–H groups in total. The Morgan fingerprint density at radius 3 is 0.667 bits per heavy atom. The van der Waals surface area contributed by atoms with E-state index in [1.165, 1.54) is 0 Å². The van der Waals surface area contributed by atoms with Crippen LogP contribution in [0, 0.1) is 0 Å². The summed E-state index contributed by atoms with van der Waals surface area (Å²) >= 11 is 0. The maximum Gasteiger partial charge on any atom is 0.335 e. The molecule has 0 radical (unpaired) electrons. The van der Waals surface area contributed by atoms with Gasteiger partial charge in [-0.05, 0) is 150 Å². The highest BCUT2D eigenvalue weighted by Gasteiger charge is 2.18. The number of ether oxygens (including phenoxy) is 2.